The summed E-state index contributed by atoms with van der Waals surface area (Å²) in [6.07, 6.45) is 4.02. The smallest absolute Gasteiger partial charge is 0.354 e. The molecular formula is C22H19NO3. The van der Waals surface area contributed by atoms with Crippen LogP contribution in [0.3, 0.4) is 0 Å². The molecule has 2 N–H and O–H groups in total. The Labute approximate surface area is 151 Å². The Morgan fingerprint density at radius 2 is 1.88 bits per heavy atom. The molecule has 0 aliphatic heterocycles. The first-order valence-corrected chi connectivity index (χ1v) is 8.54. The van der Waals surface area contributed by atoms with Crippen molar-refractivity contribution in [3.8, 4) is 16.9 Å². The number of phenols is 1. The molecule has 26 heavy (non-hydrogen) atoms. The molecule has 0 fully saturated rings. The second-order valence-corrected chi connectivity index (χ2v) is 6.41. The molecule has 0 spiro atoms. The van der Waals surface area contributed by atoms with E-state index in [0.29, 0.717) is 5.69 Å². The largest absolute Gasteiger partial charge is 0.508 e. The van der Waals surface area contributed by atoms with Crippen LogP contribution in [0.4, 0.5) is 0 Å². The van der Waals surface area contributed by atoms with Crippen LogP contribution in [-0.4, -0.2) is 23.2 Å². The SMILES string of the molecule is COC(=O)c1cc2c([nH]1)CC/C2=C\c1cccc(-c2ccc(O)cc2)c1. The summed E-state index contributed by atoms with van der Waals surface area (Å²) in [5, 5.41) is 9.45. The molecule has 0 atom stereocenters. The third-order valence-corrected chi connectivity index (χ3v) is 4.72. The second-order valence-electron chi connectivity index (χ2n) is 6.41. The lowest BCUT2D eigenvalue weighted by atomic mass is 10.0. The number of aryl methyl sites for hydroxylation is 1. The van der Waals surface area contributed by atoms with Crippen LogP contribution < -0.4 is 0 Å². The summed E-state index contributed by atoms with van der Waals surface area (Å²) in [6.45, 7) is 0. The van der Waals surface area contributed by atoms with Crippen molar-refractivity contribution < 1.29 is 14.6 Å². The molecule has 0 saturated carbocycles. The van der Waals surface area contributed by atoms with Gasteiger partial charge in [-0.15, -0.1) is 0 Å². The molecule has 1 aliphatic carbocycles. The van der Waals surface area contributed by atoms with Gasteiger partial charge in [0, 0.05) is 5.69 Å². The Morgan fingerprint density at radius 1 is 1.08 bits per heavy atom. The van der Waals surface area contributed by atoms with Gasteiger partial charge in [0.2, 0.25) is 0 Å². The number of aromatic nitrogens is 1. The fraction of sp³-hybridized carbons (Fsp3) is 0.136. The van der Waals surface area contributed by atoms with Crippen molar-refractivity contribution in [1.82, 2.24) is 4.98 Å². The van der Waals surface area contributed by atoms with Gasteiger partial charge in [0.15, 0.2) is 0 Å². The van der Waals surface area contributed by atoms with Crippen molar-refractivity contribution in [1.29, 1.82) is 0 Å². The van der Waals surface area contributed by atoms with E-state index in [1.54, 1.807) is 12.1 Å². The number of esters is 1. The normalized spacial score (nSPS) is 14.4. The zero-order chi connectivity index (χ0) is 18.1. The highest BCUT2D eigenvalue weighted by Gasteiger charge is 2.21. The molecule has 130 valence electrons. The monoisotopic (exact) mass is 345 g/mol. The number of methoxy groups -OCH3 is 1. The van der Waals surface area contributed by atoms with Crippen molar-refractivity contribution in [3.63, 3.8) is 0 Å². The van der Waals surface area contributed by atoms with Crippen LogP contribution >= 0.6 is 0 Å². The highest BCUT2D eigenvalue weighted by atomic mass is 16.5. The van der Waals surface area contributed by atoms with Crippen LogP contribution in [-0.2, 0) is 11.2 Å². The first-order chi connectivity index (χ1) is 12.6. The number of aromatic amines is 1. The third kappa shape index (κ3) is 3.02. The fourth-order valence-electron chi connectivity index (χ4n) is 3.41. The molecule has 2 aromatic carbocycles. The average molecular weight is 345 g/mol. The van der Waals surface area contributed by atoms with E-state index in [2.05, 4.69) is 29.3 Å². The number of benzene rings is 2. The van der Waals surface area contributed by atoms with E-state index in [0.717, 1.165) is 40.8 Å². The number of aromatic hydroxyl groups is 1. The minimum Gasteiger partial charge on any atom is -0.508 e. The van der Waals surface area contributed by atoms with Crippen LogP contribution in [0.1, 0.15) is 33.7 Å². The number of phenolic OH excluding ortho intramolecular Hbond substituents is 1. The standard InChI is InChI=1S/C22H19NO3/c1-26-22(25)21-13-19-17(7-10-20(19)23-21)12-14-3-2-4-16(11-14)15-5-8-18(24)9-6-15/h2-6,8-9,11-13,23-24H,7,10H2,1H3/b17-12+. The van der Waals surface area contributed by atoms with Crippen molar-refractivity contribution >= 4 is 17.6 Å². The first kappa shape index (κ1) is 16.2. The van der Waals surface area contributed by atoms with Gasteiger partial charge in [-0.25, -0.2) is 4.79 Å². The van der Waals surface area contributed by atoms with Gasteiger partial charge in [0.1, 0.15) is 11.4 Å². The summed E-state index contributed by atoms with van der Waals surface area (Å²) in [4.78, 5) is 14.9. The number of nitrogens with one attached hydrogen (secondary N) is 1. The van der Waals surface area contributed by atoms with Gasteiger partial charge in [-0.05, 0) is 64.9 Å². The van der Waals surface area contributed by atoms with E-state index >= 15 is 0 Å². The van der Waals surface area contributed by atoms with Gasteiger partial charge in [-0.2, -0.15) is 0 Å². The molecule has 3 aromatic rings. The number of ether oxygens (including phenoxy) is 1. The lowest BCUT2D eigenvalue weighted by molar-refractivity contribution is 0.0594. The molecule has 0 unspecified atom stereocenters. The summed E-state index contributed by atoms with van der Waals surface area (Å²) in [5.41, 5.74) is 7.17. The lowest BCUT2D eigenvalue weighted by Crippen LogP contribution is -2.01. The van der Waals surface area contributed by atoms with Gasteiger partial charge in [-0.1, -0.05) is 36.4 Å². The predicted molar refractivity (Wildman–Crippen MR) is 102 cm³/mol. The van der Waals surface area contributed by atoms with E-state index in [9.17, 15) is 9.90 Å². The van der Waals surface area contributed by atoms with Crippen molar-refractivity contribution in [2.45, 2.75) is 12.8 Å². The summed E-state index contributed by atoms with van der Waals surface area (Å²) in [6, 6.07) is 17.4. The minimum atomic E-state index is -0.340. The summed E-state index contributed by atoms with van der Waals surface area (Å²) >= 11 is 0. The maximum atomic E-state index is 11.7. The number of H-pyrrole nitrogens is 1. The zero-order valence-corrected chi connectivity index (χ0v) is 14.5. The average Bonchev–Trinajstić information content (AvgIpc) is 3.24. The number of hydrogen-bond donors (Lipinski definition) is 2. The maximum absolute atomic E-state index is 11.7. The maximum Gasteiger partial charge on any atom is 0.354 e. The Kier molecular flexibility index (Phi) is 4.09. The Hall–Kier alpha value is -3.27. The van der Waals surface area contributed by atoms with Gasteiger partial charge >= 0.3 is 5.97 Å². The van der Waals surface area contributed by atoms with E-state index in [4.69, 9.17) is 4.74 Å². The highest BCUT2D eigenvalue weighted by molar-refractivity contribution is 5.92. The van der Waals surface area contributed by atoms with E-state index in [1.165, 1.54) is 12.7 Å². The van der Waals surface area contributed by atoms with Crippen molar-refractivity contribution in [2.24, 2.45) is 0 Å². The molecule has 1 aromatic heterocycles. The van der Waals surface area contributed by atoms with E-state index < -0.39 is 0 Å². The molecule has 0 amide bonds. The Bertz CT molecular complexity index is 996. The van der Waals surface area contributed by atoms with Crippen LogP contribution in [0.2, 0.25) is 0 Å². The number of hydrogen-bond acceptors (Lipinski definition) is 3. The molecule has 4 nitrogen and oxygen atoms in total. The predicted octanol–water partition coefficient (Wildman–Crippen LogP) is 4.66. The van der Waals surface area contributed by atoms with Gasteiger partial charge < -0.3 is 14.8 Å². The quantitative estimate of drug-likeness (QED) is 0.679. The molecule has 1 heterocycles. The molecule has 4 heteroatoms. The number of allylic oxidation sites excluding steroid dienone is 1. The van der Waals surface area contributed by atoms with Gasteiger partial charge in [0.25, 0.3) is 0 Å². The van der Waals surface area contributed by atoms with Gasteiger partial charge in [-0.3, -0.25) is 0 Å². The van der Waals surface area contributed by atoms with Crippen molar-refractivity contribution in [3.05, 3.63) is 77.1 Å². The second kappa shape index (κ2) is 6.56. The molecule has 4 rings (SSSR count). The first-order valence-electron chi connectivity index (χ1n) is 8.54. The molecule has 0 bridgehead atoms. The highest BCUT2D eigenvalue weighted by Crippen LogP contribution is 2.35. The third-order valence-electron chi connectivity index (χ3n) is 4.72. The number of carbonyl (C=O) groups excluding carboxylic acids is 1. The molecular weight excluding hydrogens is 326 g/mol. The van der Waals surface area contributed by atoms with Crippen molar-refractivity contribution in [2.75, 3.05) is 7.11 Å². The summed E-state index contributed by atoms with van der Waals surface area (Å²) in [7, 11) is 1.39. The summed E-state index contributed by atoms with van der Waals surface area (Å²) < 4.78 is 4.79. The Morgan fingerprint density at radius 3 is 2.65 bits per heavy atom. The Balaban J connectivity index is 1.66. The van der Waals surface area contributed by atoms with Crippen LogP contribution in [0, 0.1) is 0 Å². The van der Waals surface area contributed by atoms with Gasteiger partial charge in [0.05, 0.1) is 7.11 Å². The summed E-state index contributed by atoms with van der Waals surface area (Å²) in [5.74, 6) is -0.0764. The van der Waals surface area contributed by atoms with E-state index in [-0.39, 0.29) is 11.7 Å². The number of carbonyl (C=O) groups is 1. The van der Waals surface area contributed by atoms with Crippen LogP contribution in [0.25, 0.3) is 22.8 Å². The van der Waals surface area contributed by atoms with E-state index in [1.807, 2.05) is 24.3 Å². The fourth-order valence-corrected chi connectivity index (χ4v) is 3.41. The number of rotatable bonds is 3. The number of fused-ring (bicyclic) bond motifs is 1. The van der Waals surface area contributed by atoms with Crippen LogP contribution in [0.15, 0.2) is 54.6 Å². The minimum absolute atomic E-state index is 0.263. The topological polar surface area (TPSA) is 62.3 Å². The molecule has 1 aliphatic rings. The zero-order valence-electron chi connectivity index (χ0n) is 14.5. The molecule has 0 saturated heterocycles. The molecule has 0 radical (unpaired) electrons. The lowest BCUT2D eigenvalue weighted by Gasteiger charge is -2.05. The van der Waals surface area contributed by atoms with Crippen LogP contribution in [0.5, 0.6) is 5.75 Å².